The fourth-order valence-electron chi connectivity index (χ4n) is 6.57. The van der Waals surface area contributed by atoms with Crippen LogP contribution in [0.4, 0.5) is 0 Å². The average Bonchev–Trinajstić information content (AvgIpc) is 3.22. The second kappa shape index (κ2) is 40.8. The Hall–Kier alpha value is -3.71. The number of amides is 4. The summed E-state index contributed by atoms with van der Waals surface area (Å²) >= 11 is 0. The monoisotopic (exact) mass is 916 g/mol. The first-order valence-corrected chi connectivity index (χ1v) is 23.7. The molecule has 0 aromatic carbocycles. The zero-order valence-electron chi connectivity index (χ0n) is 39.7. The highest BCUT2D eigenvalue weighted by molar-refractivity contribution is 5.84. The Balaban J connectivity index is 3.69. The molecule has 0 aromatic heterocycles. The molecule has 0 aliphatic heterocycles. The minimum atomic E-state index is -1.18. The number of carboxylic acids is 2. The number of carbonyl (C=O) groups is 7. The van der Waals surface area contributed by atoms with Crippen LogP contribution in [0.5, 0.6) is 0 Å². The lowest BCUT2D eigenvalue weighted by atomic mass is 10.0. The van der Waals surface area contributed by atoms with E-state index < -0.39 is 18.0 Å². The van der Waals surface area contributed by atoms with Gasteiger partial charge in [0.25, 0.3) is 0 Å². The number of Topliss-reactive ketones (excluding diaryl/α,β-unsaturated/α-hetero) is 1. The summed E-state index contributed by atoms with van der Waals surface area (Å²) in [6.07, 6.45) is 17.8. The van der Waals surface area contributed by atoms with Crippen LogP contribution in [-0.4, -0.2) is 142 Å². The predicted molar refractivity (Wildman–Crippen MR) is 244 cm³/mol. The molecule has 0 spiro atoms. The summed E-state index contributed by atoms with van der Waals surface area (Å²) in [5.41, 5.74) is -0.147. The van der Waals surface area contributed by atoms with Gasteiger partial charge in [0.2, 0.25) is 23.6 Å². The summed E-state index contributed by atoms with van der Waals surface area (Å²) in [7, 11) is 0. The molecule has 0 saturated heterocycles. The van der Waals surface area contributed by atoms with Crippen molar-refractivity contribution in [2.75, 3.05) is 72.5 Å². The van der Waals surface area contributed by atoms with Crippen LogP contribution >= 0.6 is 0 Å². The van der Waals surface area contributed by atoms with E-state index in [0.29, 0.717) is 19.4 Å². The van der Waals surface area contributed by atoms with Crippen molar-refractivity contribution in [3.63, 3.8) is 0 Å². The molecule has 372 valence electrons. The Labute approximate surface area is 382 Å². The molecular weight excluding hydrogens is 831 g/mol. The normalized spacial score (nSPS) is 12.3. The maximum atomic E-state index is 12.3. The molecule has 0 aliphatic carbocycles. The standard InChI is InChI=1S/C46H85N5O13/c1-37(52)38(51-46(2,3)4)21-19-20-26-47-42(55)35-63-33-32-62-30-28-49-43(56)36-64-34-31-61-29-27-48-40(53)25-24-39(45(59)60)50-41(54)22-17-15-13-11-9-7-5-6-8-10-12-14-16-18-23-44(57)58/h38-39,51H,5-36H2,1-4H3,(H,47,55)(H,48,53)(H,49,56)(H,50,54)(H,57,58)(H,59,60)/t38-,39-/m0/s1. The fourth-order valence-corrected chi connectivity index (χ4v) is 6.57. The van der Waals surface area contributed by atoms with Crippen LogP contribution in [0.2, 0.25) is 0 Å². The molecule has 0 saturated carbocycles. The highest BCUT2D eigenvalue weighted by atomic mass is 16.5. The van der Waals surface area contributed by atoms with Crippen LogP contribution in [-0.2, 0) is 52.5 Å². The molecule has 7 N–H and O–H groups in total. The second-order valence-electron chi connectivity index (χ2n) is 17.3. The molecule has 64 heavy (non-hydrogen) atoms. The van der Waals surface area contributed by atoms with Crippen molar-refractivity contribution >= 4 is 41.4 Å². The molecule has 0 unspecified atom stereocenters. The van der Waals surface area contributed by atoms with E-state index in [1.165, 1.54) is 44.9 Å². The molecule has 0 bridgehead atoms. The Morgan fingerprint density at radius 3 is 1.34 bits per heavy atom. The average molecular weight is 916 g/mol. The van der Waals surface area contributed by atoms with Gasteiger partial charge in [-0.05, 0) is 66.2 Å². The van der Waals surface area contributed by atoms with E-state index in [0.717, 1.165) is 51.4 Å². The van der Waals surface area contributed by atoms with Crippen molar-refractivity contribution < 1.29 is 62.7 Å². The lowest BCUT2D eigenvalue weighted by molar-refractivity contribution is -0.142. The van der Waals surface area contributed by atoms with Gasteiger partial charge in [-0.3, -0.25) is 28.8 Å². The molecule has 0 aromatic rings. The maximum Gasteiger partial charge on any atom is 0.326 e. The third-order valence-electron chi connectivity index (χ3n) is 10.0. The second-order valence-corrected chi connectivity index (χ2v) is 17.3. The van der Waals surface area contributed by atoms with E-state index in [1.807, 2.05) is 20.8 Å². The van der Waals surface area contributed by atoms with Crippen LogP contribution in [0.15, 0.2) is 0 Å². The van der Waals surface area contributed by atoms with Crippen LogP contribution in [0.25, 0.3) is 0 Å². The van der Waals surface area contributed by atoms with Gasteiger partial charge in [0.05, 0.1) is 45.7 Å². The minimum absolute atomic E-state index is 0.0265. The van der Waals surface area contributed by atoms with Gasteiger partial charge in [0.15, 0.2) is 0 Å². The SMILES string of the molecule is CC(=O)[C@H](CCCCNC(=O)COCCOCCNC(=O)COCCOCCNC(=O)CC[C@H](NC(=O)CCCCCCCCCCCCCCCCC(=O)O)C(=O)O)NC(C)(C)C. The number of ether oxygens (including phenoxy) is 4. The Kier molecular flexibility index (Phi) is 38.4. The van der Waals surface area contributed by atoms with E-state index >= 15 is 0 Å². The number of nitrogens with one attached hydrogen (secondary N) is 5. The highest BCUT2D eigenvalue weighted by Gasteiger charge is 2.22. The number of ketones is 1. The van der Waals surface area contributed by atoms with Gasteiger partial charge in [0.1, 0.15) is 25.0 Å². The molecular formula is C46H85N5O13. The molecule has 0 rings (SSSR count). The number of rotatable bonds is 45. The Morgan fingerprint density at radius 2 is 0.891 bits per heavy atom. The molecule has 4 amide bonds. The van der Waals surface area contributed by atoms with Crippen molar-refractivity contribution in [2.24, 2.45) is 0 Å². The van der Waals surface area contributed by atoms with Gasteiger partial charge >= 0.3 is 11.9 Å². The van der Waals surface area contributed by atoms with Gasteiger partial charge in [0, 0.05) is 44.4 Å². The van der Waals surface area contributed by atoms with Crippen molar-refractivity contribution in [2.45, 2.75) is 180 Å². The van der Waals surface area contributed by atoms with Crippen molar-refractivity contribution in [1.82, 2.24) is 26.6 Å². The van der Waals surface area contributed by atoms with Gasteiger partial charge in [-0.2, -0.15) is 0 Å². The van der Waals surface area contributed by atoms with Crippen LogP contribution in [0, 0.1) is 0 Å². The van der Waals surface area contributed by atoms with Crippen LogP contribution in [0.3, 0.4) is 0 Å². The first kappa shape index (κ1) is 60.3. The third-order valence-corrected chi connectivity index (χ3v) is 10.0. The highest BCUT2D eigenvalue weighted by Crippen LogP contribution is 2.14. The largest absolute Gasteiger partial charge is 0.481 e. The van der Waals surface area contributed by atoms with E-state index in [9.17, 15) is 38.7 Å². The molecule has 18 heteroatoms. The zero-order valence-corrected chi connectivity index (χ0v) is 39.7. The minimum Gasteiger partial charge on any atom is -0.481 e. The van der Waals surface area contributed by atoms with E-state index in [1.54, 1.807) is 6.92 Å². The Bertz CT molecular complexity index is 1280. The van der Waals surface area contributed by atoms with E-state index in [4.69, 9.17) is 24.1 Å². The summed E-state index contributed by atoms with van der Waals surface area (Å²) in [6, 6.07) is -1.33. The van der Waals surface area contributed by atoms with Gasteiger partial charge in [-0.1, -0.05) is 77.0 Å². The summed E-state index contributed by atoms with van der Waals surface area (Å²) in [4.78, 5) is 82.5. The first-order valence-electron chi connectivity index (χ1n) is 23.7. The number of aliphatic carboxylic acids is 2. The molecule has 2 atom stereocenters. The molecule has 0 heterocycles. The van der Waals surface area contributed by atoms with Crippen molar-refractivity contribution in [3.8, 4) is 0 Å². The third kappa shape index (κ3) is 42.3. The summed E-state index contributed by atoms with van der Waals surface area (Å²) in [5.74, 6) is -3.01. The smallest absolute Gasteiger partial charge is 0.326 e. The van der Waals surface area contributed by atoms with Crippen LogP contribution in [0.1, 0.15) is 163 Å². The lowest BCUT2D eigenvalue weighted by Gasteiger charge is -2.27. The molecule has 0 fully saturated rings. The first-order chi connectivity index (χ1) is 30.6. The Morgan fingerprint density at radius 1 is 0.453 bits per heavy atom. The zero-order chi connectivity index (χ0) is 47.7. The number of hydrogen-bond donors (Lipinski definition) is 7. The van der Waals surface area contributed by atoms with E-state index in [2.05, 4.69) is 26.6 Å². The summed E-state index contributed by atoms with van der Waals surface area (Å²) in [5, 5.41) is 32.2. The number of carboxylic acid groups (broad SMARTS) is 2. The maximum absolute atomic E-state index is 12.3. The van der Waals surface area contributed by atoms with Gasteiger partial charge in [-0.25, -0.2) is 4.79 Å². The molecule has 18 nitrogen and oxygen atoms in total. The van der Waals surface area contributed by atoms with E-state index in [-0.39, 0.29) is 133 Å². The number of hydrogen-bond acceptors (Lipinski definition) is 12. The number of unbranched alkanes of at least 4 members (excludes halogenated alkanes) is 14. The lowest BCUT2D eigenvalue weighted by Crippen LogP contribution is -2.47. The summed E-state index contributed by atoms with van der Waals surface area (Å²) in [6.45, 7) is 9.73. The van der Waals surface area contributed by atoms with Crippen molar-refractivity contribution in [3.05, 3.63) is 0 Å². The van der Waals surface area contributed by atoms with Gasteiger partial charge in [-0.15, -0.1) is 0 Å². The van der Waals surface area contributed by atoms with Crippen LogP contribution < -0.4 is 26.6 Å². The van der Waals surface area contributed by atoms with Crippen molar-refractivity contribution in [1.29, 1.82) is 0 Å². The predicted octanol–water partition coefficient (Wildman–Crippen LogP) is 4.59. The quantitative estimate of drug-likeness (QED) is 0.0413. The fraction of sp³-hybridized carbons (Fsp3) is 0.848. The van der Waals surface area contributed by atoms with Gasteiger partial charge < -0.3 is 55.7 Å². The number of carbonyl (C=O) groups excluding carboxylic acids is 5. The molecule has 0 aliphatic rings. The topological polar surface area (TPSA) is 257 Å². The molecule has 0 radical (unpaired) electrons. The summed E-state index contributed by atoms with van der Waals surface area (Å²) < 4.78 is 21.4.